The molecule has 4 unspecified atom stereocenters. The van der Waals surface area contributed by atoms with Crippen LogP contribution in [-0.2, 0) is 4.79 Å². The van der Waals surface area contributed by atoms with Crippen molar-refractivity contribution in [3.05, 3.63) is 35.9 Å². The molecule has 2 aliphatic rings. The first-order valence-electron chi connectivity index (χ1n) is 7.32. The van der Waals surface area contributed by atoms with Crippen LogP contribution < -0.4 is 11.1 Å². The summed E-state index contributed by atoms with van der Waals surface area (Å²) in [5, 5.41) is 3.11. The van der Waals surface area contributed by atoms with Gasteiger partial charge in [-0.15, -0.1) is 0 Å². The molecule has 1 aromatic rings. The maximum absolute atomic E-state index is 12.1. The van der Waals surface area contributed by atoms with Crippen LogP contribution in [0.4, 0.5) is 0 Å². The fraction of sp³-hybridized carbons (Fsp3) is 0.562. The lowest BCUT2D eigenvalue weighted by molar-refractivity contribution is -0.122. The van der Waals surface area contributed by atoms with Gasteiger partial charge in [0.2, 0.25) is 5.91 Å². The summed E-state index contributed by atoms with van der Waals surface area (Å²) in [5.74, 6) is 1.45. The third-order valence-corrected chi connectivity index (χ3v) is 4.50. The zero-order valence-electron chi connectivity index (χ0n) is 11.2. The van der Waals surface area contributed by atoms with Crippen LogP contribution in [0.25, 0.3) is 0 Å². The quantitative estimate of drug-likeness (QED) is 0.868. The second kappa shape index (κ2) is 5.33. The average molecular weight is 258 g/mol. The molecule has 0 aliphatic heterocycles. The Kier molecular flexibility index (Phi) is 3.56. The van der Waals surface area contributed by atoms with E-state index in [-0.39, 0.29) is 11.8 Å². The van der Waals surface area contributed by atoms with Gasteiger partial charge in [0.25, 0.3) is 0 Å². The Morgan fingerprint density at radius 3 is 2.68 bits per heavy atom. The Bertz CT molecular complexity index is 445. The Hall–Kier alpha value is -1.35. The van der Waals surface area contributed by atoms with Crippen molar-refractivity contribution >= 4 is 5.91 Å². The molecule has 2 fully saturated rings. The lowest BCUT2D eigenvalue weighted by atomic mass is 10.1. The summed E-state index contributed by atoms with van der Waals surface area (Å²) in [6, 6.07) is 10.7. The first-order valence-corrected chi connectivity index (χ1v) is 7.32. The second-order valence-electron chi connectivity index (χ2n) is 6.04. The van der Waals surface area contributed by atoms with Crippen molar-refractivity contribution in [3.63, 3.8) is 0 Å². The van der Waals surface area contributed by atoms with E-state index in [1.54, 1.807) is 0 Å². The summed E-state index contributed by atoms with van der Waals surface area (Å²) in [6.45, 7) is 0.810. The van der Waals surface area contributed by atoms with Gasteiger partial charge in [0.1, 0.15) is 0 Å². The largest absolute Gasteiger partial charge is 0.356 e. The van der Waals surface area contributed by atoms with Gasteiger partial charge < -0.3 is 11.1 Å². The number of nitrogens with one attached hydrogen (secondary N) is 1. The minimum Gasteiger partial charge on any atom is -0.356 e. The van der Waals surface area contributed by atoms with E-state index in [0.717, 1.165) is 32.2 Å². The molecule has 0 radical (unpaired) electrons. The van der Waals surface area contributed by atoms with E-state index in [4.69, 9.17) is 5.73 Å². The van der Waals surface area contributed by atoms with Crippen LogP contribution in [0, 0.1) is 11.8 Å². The van der Waals surface area contributed by atoms with Gasteiger partial charge in [-0.2, -0.15) is 0 Å². The first-order chi connectivity index (χ1) is 9.24. The molecule has 0 aromatic heterocycles. The summed E-state index contributed by atoms with van der Waals surface area (Å²) in [6.07, 6.45) is 4.33. The molecule has 3 heteroatoms. The van der Waals surface area contributed by atoms with Crippen LogP contribution >= 0.6 is 0 Å². The maximum Gasteiger partial charge on any atom is 0.223 e. The van der Waals surface area contributed by atoms with Crippen molar-refractivity contribution in [3.8, 4) is 0 Å². The molecule has 1 aromatic carbocycles. The van der Waals surface area contributed by atoms with Crippen molar-refractivity contribution in [2.45, 2.75) is 37.6 Å². The molecule has 3 nitrogen and oxygen atoms in total. The number of carbonyl (C=O) groups excluding carboxylic acids is 1. The van der Waals surface area contributed by atoms with E-state index in [0.29, 0.717) is 17.9 Å². The number of carbonyl (C=O) groups is 1. The molecular formula is C16H22N2O. The smallest absolute Gasteiger partial charge is 0.223 e. The fourth-order valence-corrected chi connectivity index (χ4v) is 3.23. The van der Waals surface area contributed by atoms with Gasteiger partial charge in [0.15, 0.2) is 0 Å². The Morgan fingerprint density at radius 1 is 1.21 bits per heavy atom. The molecule has 0 bridgehead atoms. The molecule has 2 aliphatic carbocycles. The number of nitrogens with two attached hydrogens (primary N) is 1. The highest BCUT2D eigenvalue weighted by atomic mass is 16.2. The third-order valence-electron chi connectivity index (χ3n) is 4.50. The molecule has 2 saturated carbocycles. The van der Waals surface area contributed by atoms with Crippen LogP contribution in [0.2, 0.25) is 0 Å². The molecule has 19 heavy (non-hydrogen) atoms. The summed E-state index contributed by atoms with van der Waals surface area (Å²) in [7, 11) is 0. The summed E-state index contributed by atoms with van der Waals surface area (Å²) in [5.41, 5.74) is 7.19. The van der Waals surface area contributed by atoms with Crippen LogP contribution in [0.5, 0.6) is 0 Å². The van der Waals surface area contributed by atoms with Crippen LogP contribution in [0.15, 0.2) is 30.3 Å². The monoisotopic (exact) mass is 258 g/mol. The number of rotatable bonds is 4. The van der Waals surface area contributed by atoms with Gasteiger partial charge in [-0.05, 0) is 43.1 Å². The van der Waals surface area contributed by atoms with E-state index >= 15 is 0 Å². The minimum atomic E-state index is 0.192. The fourth-order valence-electron chi connectivity index (χ4n) is 3.23. The lowest BCUT2D eigenvalue weighted by Gasteiger charge is -2.11. The average Bonchev–Trinajstić information content (AvgIpc) is 3.14. The van der Waals surface area contributed by atoms with Crippen molar-refractivity contribution in [1.29, 1.82) is 0 Å². The van der Waals surface area contributed by atoms with Crippen molar-refractivity contribution in [2.75, 3.05) is 6.54 Å². The molecule has 3 N–H and O–H groups in total. The highest BCUT2D eigenvalue weighted by Crippen LogP contribution is 2.47. The highest BCUT2D eigenvalue weighted by Gasteiger charge is 2.43. The zero-order chi connectivity index (χ0) is 13.2. The molecular weight excluding hydrogens is 236 g/mol. The molecule has 0 saturated heterocycles. The lowest BCUT2D eigenvalue weighted by Crippen LogP contribution is -2.30. The summed E-state index contributed by atoms with van der Waals surface area (Å²) >= 11 is 0. The van der Waals surface area contributed by atoms with Crippen molar-refractivity contribution in [2.24, 2.45) is 17.6 Å². The minimum absolute atomic E-state index is 0.192. The van der Waals surface area contributed by atoms with E-state index in [1.165, 1.54) is 5.56 Å². The molecule has 3 rings (SSSR count). The Morgan fingerprint density at radius 2 is 2.00 bits per heavy atom. The normalized spacial score (nSPS) is 33.1. The number of amides is 1. The van der Waals surface area contributed by atoms with E-state index in [1.807, 2.05) is 18.2 Å². The van der Waals surface area contributed by atoms with Crippen LogP contribution in [-0.4, -0.2) is 18.5 Å². The number of hydrogen-bond donors (Lipinski definition) is 2. The second-order valence-corrected chi connectivity index (χ2v) is 6.04. The molecule has 1 amide bonds. The van der Waals surface area contributed by atoms with E-state index in [9.17, 15) is 4.79 Å². The van der Waals surface area contributed by atoms with Gasteiger partial charge in [-0.3, -0.25) is 4.79 Å². The van der Waals surface area contributed by atoms with Gasteiger partial charge in [-0.25, -0.2) is 0 Å². The Labute approximate surface area is 114 Å². The van der Waals surface area contributed by atoms with Crippen LogP contribution in [0.3, 0.4) is 0 Å². The van der Waals surface area contributed by atoms with Gasteiger partial charge in [-0.1, -0.05) is 30.3 Å². The maximum atomic E-state index is 12.1. The third kappa shape index (κ3) is 2.98. The molecule has 102 valence electrons. The summed E-state index contributed by atoms with van der Waals surface area (Å²) < 4.78 is 0. The predicted octanol–water partition coefficient (Wildman–Crippen LogP) is 2.03. The highest BCUT2D eigenvalue weighted by molar-refractivity contribution is 5.82. The Balaban J connectivity index is 1.45. The van der Waals surface area contributed by atoms with Gasteiger partial charge in [0, 0.05) is 18.5 Å². The van der Waals surface area contributed by atoms with E-state index < -0.39 is 0 Å². The zero-order valence-corrected chi connectivity index (χ0v) is 11.2. The predicted molar refractivity (Wildman–Crippen MR) is 75.6 cm³/mol. The molecule has 0 spiro atoms. The van der Waals surface area contributed by atoms with E-state index in [2.05, 4.69) is 17.4 Å². The molecule has 4 atom stereocenters. The van der Waals surface area contributed by atoms with Crippen molar-refractivity contribution in [1.82, 2.24) is 5.32 Å². The number of benzene rings is 1. The first kappa shape index (κ1) is 12.7. The standard InChI is InChI=1S/C16H22N2O/c17-13-7-6-11(8-13)10-18-16(19)15-9-14(15)12-4-2-1-3-5-12/h1-5,11,13-15H,6-10,17H2,(H,18,19). The van der Waals surface area contributed by atoms with Crippen molar-refractivity contribution < 1.29 is 4.79 Å². The molecule has 0 heterocycles. The van der Waals surface area contributed by atoms with Gasteiger partial charge in [0.05, 0.1) is 0 Å². The SMILES string of the molecule is NC1CCC(CNC(=O)C2CC2c2ccccc2)C1. The van der Waals surface area contributed by atoms with Gasteiger partial charge >= 0.3 is 0 Å². The topological polar surface area (TPSA) is 55.1 Å². The summed E-state index contributed by atoms with van der Waals surface area (Å²) in [4.78, 5) is 12.1. The number of hydrogen-bond acceptors (Lipinski definition) is 2. The van der Waals surface area contributed by atoms with Crippen LogP contribution in [0.1, 0.15) is 37.2 Å².